The third kappa shape index (κ3) is 4.88. The highest BCUT2D eigenvalue weighted by atomic mass is 16.7. The van der Waals surface area contributed by atoms with Crippen LogP contribution in [0.5, 0.6) is 17.2 Å². The van der Waals surface area contributed by atoms with Crippen molar-refractivity contribution in [2.24, 2.45) is 5.92 Å². The Hall–Kier alpha value is -3.79. The highest BCUT2D eigenvalue weighted by molar-refractivity contribution is 5.91. The van der Waals surface area contributed by atoms with Crippen LogP contribution in [0.4, 0.5) is 0 Å². The van der Waals surface area contributed by atoms with Gasteiger partial charge in [-0.25, -0.2) is 4.79 Å². The topological polar surface area (TPSA) is 135 Å². The first kappa shape index (κ1) is 24.3. The number of aromatic carboxylic acids is 1. The van der Waals surface area contributed by atoms with E-state index in [0.717, 1.165) is 6.42 Å². The number of carboxylic acids is 2. The summed E-state index contributed by atoms with van der Waals surface area (Å²) in [5.41, 5.74) is 0.969. The van der Waals surface area contributed by atoms with E-state index >= 15 is 0 Å². The molecule has 1 amide bonds. The second-order valence-corrected chi connectivity index (χ2v) is 8.57. The van der Waals surface area contributed by atoms with E-state index in [2.05, 4.69) is 5.32 Å². The van der Waals surface area contributed by atoms with Crippen molar-refractivity contribution in [3.8, 4) is 17.2 Å². The minimum absolute atomic E-state index is 0.0640. The fraction of sp³-hybridized carbons (Fsp3) is 0.400. The number of carbonyl (C=O) groups excluding carboxylic acids is 1. The number of hydrogen-bond donors (Lipinski definition) is 3. The normalized spacial score (nSPS) is 21.0. The van der Waals surface area contributed by atoms with Crippen molar-refractivity contribution in [2.45, 2.75) is 25.3 Å². The van der Waals surface area contributed by atoms with E-state index in [0.29, 0.717) is 34.9 Å². The van der Waals surface area contributed by atoms with Gasteiger partial charge < -0.3 is 29.7 Å². The number of amides is 1. The Morgan fingerprint density at radius 1 is 1.11 bits per heavy atom. The number of aliphatic carboxylic acids is 1. The van der Waals surface area contributed by atoms with E-state index in [1.807, 2.05) is 6.92 Å². The van der Waals surface area contributed by atoms with Gasteiger partial charge in [-0.05, 0) is 41.8 Å². The number of methoxy groups -OCH3 is 1. The molecule has 186 valence electrons. The summed E-state index contributed by atoms with van der Waals surface area (Å²) >= 11 is 0. The van der Waals surface area contributed by atoms with Crippen molar-refractivity contribution in [2.75, 3.05) is 33.5 Å². The largest absolute Gasteiger partial charge is 0.497 e. The van der Waals surface area contributed by atoms with E-state index in [1.165, 1.54) is 13.2 Å². The molecular weight excluding hydrogens is 456 g/mol. The molecule has 2 aliphatic heterocycles. The predicted octanol–water partition coefficient (Wildman–Crippen LogP) is 2.49. The van der Waals surface area contributed by atoms with Gasteiger partial charge in [0.25, 0.3) is 0 Å². The number of likely N-dealkylation sites (tertiary alicyclic amines) is 1. The van der Waals surface area contributed by atoms with Crippen LogP contribution in [0.25, 0.3) is 0 Å². The van der Waals surface area contributed by atoms with Crippen LogP contribution >= 0.6 is 0 Å². The molecule has 2 aliphatic rings. The molecule has 1 saturated heterocycles. The lowest BCUT2D eigenvalue weighted by atomic mass is 9.81. The Balaban J connectivity index is 1.79. The number of carbonyl (C=O) groups is 3. The summed E-state index contributed by atoms with van der Waals surface area (Å²) in [7, 11) is 1.43. The molecule has 35 heavy (non-hydrogen) atoms. The molecule has 0 spiro atoms. The number of nitrogens with one attached hydrogen (secondary N) is 1. The lowest BCUT2D eigenvalue weighted by Gasteiger charge is -2.28. The molecular formula is C25H28N2O8. The van der Waals surface area contributed by atoms with Crippen LogP contribution in [0.3, 0.4) is 0 Å². The predicted molar refractivity (Wildman–Crippen MR) is 124 cm³/mol. The van der Waals surface area contributed by atoms with Crippen LogP contribution in [-0.2, 0) is 9.59 Å². The fourth-order valence-corrected chi connectivity index (χ4v) is 4.85. The van der Waals surface area contributed by atoms with Gasteiger partial charge in [-0.2, -0.15) is 0 Å². The van der Waals surface area contributed by atoms with E-state index in [-0.39, 0.29) is 31.4 Å². The fourth-order valence-electron chi connectivity index (χ4n) is 4.85. The summed E-state index contributed by atoms with van der Waals surface area (Å²) in [6, 6.07) is 8.97. The number of fused-ring (bicyclic) bond motifs is 1. The van der Waals surface area contributed by atoms with Gasteiger partial charge in [0.15, 0.2) is 11.5 Å². The number of ether oxygens (including phenoxy) is 3. The van der Waals surface area contributed by atoms with Crippen LogP contribution in [-0.4, -0.2) is 66.5 Å². The molecule has 3 N–H and O–H groups in total. The van der Waals surface area contributed by atoms with Gasteiger partial charge in [-0.3, -0.25) is 14.5 Å². The molecule has 2 heterocycles. The van der Waals surface area contributed by atoms with Gasteiger partial charge in [0, 0.05) is 19.0 Å². The number of nitrogens with zero attached hydrogens (tertiary/aromatic N) is 1. The number of hydrogen-bond acceptors (Lipinski definition) is 7. The van der Waals surface area contributed by atoms with Crippen LogP contribution in [0.1, 0.15) is 46.8 Å². The minimum atomic E-state index is -1.20. The van der Waals surface area contributed by atoms with Crippen LogP contribution in [0.15, 0.2) is 36.4 Å². The lowest BCUT2D eigenvalue weighted by molar-refractivity contribution is -0.143. The van der Waals surface area contributed by atoms with Crippen LogP contribution < -0.4 is 19.5 Å². The Morgan fingerprint density at radius 2 is 1.89 bits per heavy atom. The summed E-state index contributed by atoms with van der Waals surface area (Å²) < 4.78 is 16.0. The van der Waals surface area contributed by atoms with Gasteiger partial charge in [-0.15, -0.1) is 0 Å². The average Bonchev–Trinajstić information content (AvgIpc) is 3.46. The summed E-state index contributed by atoms with van der Waals surface area (Å²) in [6.45, 7) is 2.69. The smallest absolute Gasteiger partial charge is 0.336 e. The van der Waals surface area contributed by atoms with Crippen molar-refractivity contribution in [1.29, 1.82) is 0 Å². The van der Waals surface area contributed by atoms with Gasteiger partial charge in [-0.1, -0.05) is 19.1 Å². The van der Waals surface area contributed by atoms with E-state index < -0.39 is 29.8 Å². The molecule has 0 radical (unpaired) electrons. The summed E-state index contributed by atoms with van der Waals surface area (Å²) in [5.74, 6) is -2.62. The molecule has 1 fully saturated rings. The van der Waals surface area contributed by atoms with Crippen molar-refractivity contribution in [3.63, 3.8) is 0 Å². The maximum atomic E-state index is 12.7. The van der Waals surface area contributed by atoms with Gasteiger partial charge >= 0.3 is 11.9 Å². The summed E-state index contributed by atoms with van der Waals surface area (Å²) in [6.07, 6.45) is 0.758. The Morgan fingerprint density at radius 3 is 2.57 bits per heavy atom. The molecule has 0 bridgehead atoms. The van der Waals surface area contributed by atoms with Crippen LogP contribution in [0.2, 0.25) is 0 Å². The monoisotopic (exact) mass is 484 g/mol. The molecule has 10 nitrogen and oxygen atoms in total. The van der Waals surface area contributed by atoms with E-state index in [4.69, 9.17) is 14.2 Å². The zero-order valence-electron chi connectivity index (χ0n) is 19.5. The first-order valence-electron chi connectivity index (χ1n) is 11.4. The second kappa shape index (κ2) is 10.2. The summed E-state index contributed by atoms with van der Waals surface area (Å²) in [5, 5.41) is 23.1. The maximum Gasteiger partial charge on any atom is 0.336 e. The van der Waals surface area contributed by atoms with Crippen molar-refractivity contribution in [1.82, 2.24) is 10.2 Å². The molecule has 10 heteroatoms. The molecule has 0 aromatic heterocycles. The number of rotatable bonds is 9. The van der Waals surface area contributed by atoms with Gasteiger partial charge in [0.2, 0.25) is 12.7 Å². The Labute approximate surface area is 202 Å². The second-order valence-electron chi connectivity index (χ2n) is 8.57. The van der Waals surface area contributed by atoms with Gasteiger partial charge in [0.1, 0.15) is 5.75 Å². The molecule has 3 atom stereocenters. The first-order chi connectivity index (χ1) is 16.8. The third-order valence-corrected chi connectivity index (χ3v) is 6.44. The average molecular weight is 485 g/mol. The Kier molecular flexibility index (Phi) is 7.11. The highest BCUT2D eigenvalue weighted by Gasteiger charge is 2.49. The van der Waals surface area contributed by atoms with E-state index in [1.54, 1.807) is 35.2 Å². The number of benzene rings is 2. The van der Waals surface area contributed by atoms with E-state index in [9.17, 15) is 24.6 Å². The van der Waals surface area contributed by atoms with Crippen molar-refractivity contribution >= 4 is 17.8 Å². The standard InChI is InChI=1S/C25H28N2O8/c1-3-8-26-21(28)12-27-11-18(14-4-7-19-20(9-14)35-13-34-19)22(25(31)32)23(27)16-6-5-15(33-2)10-17(16)24(29)30/h4-7,9-10,18,22-23H,3,8,11-13H2,1-2H3,(H,26,28)(H,29,30)(H,31,32)/t18?,22-,23+/m0/s1. The lowest BCUT2D eigenvalue weighted by Crippen LogP contribution is -2.39. The minimum Gasteiger partial charge on any atom is -0.497 e. The van der Waals surface area contributed by atoms with Gasteiger partial charge in [0.05, 0.1) is 31.2 Å². The zero-order chi connectivity index (χ0) is 25.1. The molecule has 4 rings (SSSR count). The van der Waals surface area contributed by atoms with Crippen molar-refractivity contribution < 1.29 is 38.8 Å². The number of carboxylic acid groups (broad SMARTS) is 2. The zero-order valence-corrected chi connectivity index (χ0v) is 19.5. The molecule has 2 aromatic carbocycles. The molecule has 1 unspecified atom stereocenters. The summed E-state index contributed by atoms with van der Waals surface area (Å²) in [4.78, 5) is 39.2. The third-order valence-electron chi connectivity index (χ3n) is 6.44. The molecule has 2 aromatic rings. The highest BCUT2D eigenvalue weighted by Crippen LogP contribution is 2.48. The SMILES string of the molecule is CCCNC(=O)CN1CC(c2ccc3c(c2)OCO3)[C@H](C(=O)O)[C@H]1c1ccc(OC)cc1C(=O)O. The van der Waals surface area contributed by atoms with Crippen LogP contribution in [0, 0.1) is 5.92 Å². The molecule has 0 saturated carbocycles. The Bertz CT molecular complexity index is 1130. The van der Waals surface area contributed by atoms with Crippen molar-refractivity contribution in [3.05, 3.63) is 53.1 Å². The first-order valence-corrected chi connectivity index (χ1v) is 11.4. The quantitative estimate of drug-likeness (QED) is 0.491. The maximum absolute atomic E-state index is 12.7. The molecule has 0 aliphatic carbocycles.